The second-order valence-corrected chi connectivity index (χ2v) is 4.89. The van der Waals surface area contributed by atoms with E-state index in [1.54, 1.807) is 9.80 Å². The van der Waals surface area contributed by atoms with Crippen LogP contribution in [0.15, 0.2) is 0 Å². The van der Waals surface area contributed by atoms with Crippen molar-refractivity contribution in [2.45, 2.75) is 18.9 Å². The summed E-state index contributed by atoms with van der Waals surface area (Å²) in [6.07, 6.45) is 0.149. The van der Waals surface area contributed by atoms with Crippen LogP contribution in [0.5, 0.6) is 0 Å². The van der Waals surface area contributed by atoms with Gasteiger partial charge in [-0.2, -0.15) is 0 Å². The van der Waals surface area contributed by atoms with Crippen molar-refractivity contribution in [3.8, 4) is 0 Å². The van der Waals surface area contributed by atoms with Crippen LogP contribution in [0, 0.1) is 0 Å². The molecule has 0 radical (unpaired) electrons. The van der Waals surface area contributed by atoms with E-state index in [0.717, 1.165) is 0 Å². The molecule has 1 atom stereocenters. The smallest absolute Gasteiger partial charge is 0.320 e. The van der Waals surface area contributed by atoms with Gasteiger partial charge in [-0.05, 0) is 0 Å². The van der Waals surface area contributed by atoms with Crippen LogP contribution < -0.4 is 5.32 Å². The van der Waals surface area contributed by atoms with Crippen molar-refractivity contribution in [3.63, 3.8) is 0 Å². The number of carbonyl (C=O) groups is 3. The van der Waals surface area contributed by atoms with E-state index in [2.05, 4.69) is 5.32 Å². The average Bonchev–Trinajstić information content (AvgIpc) is 2.63. The molecule has 2 rings (SSSR count). The van der Waals surface area contributed by atoms with Crippen molar-refractivity contribution in [2.75, 3.05) is 39.4 Å². The van der Waals surface area contributed by atoms with Crippen LogP contribution in [-0.4, -0.2) is 78.2 Å². The number of aliphatic carboxylic acids is 1. The Morgan fingerprint density at radius 2 is 2.15 bits per heavy atom. The number of ether oxygens (including phenoxy) is 1. The Labute approximate surface area is 116 Å². The minimum Gasteiger partial charge on any atom is -0.481 e. The molecular formula is C12H19N3O5. The van der Waals surface area contributed by atoms with Crippen LogP contribution in [0.2, 0.25) is 0 Å². The summed E-state index contributed by atoms with van der Waals surface area (Å²) in [6.45, 7) is 2.27. The lowest BCUT2D eigenvalue weighted by Gasteiger charge is -2.37. The van der Waals surface area contributed by atoms with E-state index in [1.165, 1.54) is 0 Å². The van der Waals surface area contributed by atoms with Gasteiger partial charge in [0, 0.05) is 32.6 Å². The highest BCUT2D eigenvalue weighted by atomic mass is 16.5. The Kier molecular flexibility index (Phi) is 4.78. The molecule has 112 valence electrons. The van der Waals surface area contributed by atoms with Crippen LogP contribution >= 0.6 is 0 Å². The van der Waals surface area contributed by atoms with Gasteiger partial charge in [0.05, 0.1) is 25.7 Å². The Morgan fingerprint density at radius 1 is 1.35 bits per heavy atom. The zero-order valence-corrected chi connectivity index (χ0v) is 11.2. The number of nitrogens with zero attached hydrogens (tertiary/aromatic N) is 2. The van der Waals surface area contributed by atoms with E-state index in [0.29, 0.717) is 32.8 Å². The maximum Gasteiger partial charge on any atom is 0.320 e. The molecule has 2 saturated heterocycles. The Bertz CT molecular complexity index is 401. The average molecular weight is 285 g/mol. The number of carbonyl (C=O) groups excluding carboxylic acids is 2. The van der Waals surface area contributed by atoms with Crippen LogP contribution in [0.3, 0.4) is 0 Å². The molecule has 0 aromatic rings. The molecule has 0 bridgehead atoms. The van der Waals surface area contributed by atoms with E-state index in [1.807, 2.05) is 0 Å². The van der Waals surface area contributed by atoms with Gasteiger partial charge in [0.2, 0.25) is 5.91 Å². The summed E-state index contributed by atoms with van der Waals surface area (Å²) in [6, 6.07) is -0.656. The Morgan fingerprint density at radius 3 is 2.90 bits per heavy atom. The normalized spacial score (nSPS) is 24.0. The molecule has 8 heteroatoms. The number of hydrogen-bond acceptors (Lipinski definition) is 4. The molecule has 0 aromatic carbocycles. The molecule has 1 unspecified atom stereocenters. The summed E-state index contributed by atoms with van der Waals surface area (Å²) < 4.78 is 5.25. The first-order valence-electron chi connectivity index (χ1n) is 6.69. The molecular weight excluding hydrogens is 266 g/mol. The quantitative estimate of drug-likeness (QED) is 0.685. The number of nitrogens with one attached hydrogen (secondary N) is 1. The van der Waals surface area contributed by atoms with Gasteiger partial charge >= 0.3 is 12.0 Å². The number of urea groups is 1. The van der Waals surface area contributed by atoms with Gasteiger partial charge in [-0.3, -0.25) is 9.59 Å². The van der Waals surface area contributed by atoms with Crippen LogP contribution in [0.1, 0.15) is 12.8 Å². The first-order valence-corrected chi connectivity index (χ1v) is 6.69. The molecule has 2 aliphatic heterocycles. The zero-order chi connectivity index (χ0) is 14.5. The first kappa shape index (κ1) is 14.6. The van der Waals surface area contributed by atoms with Gasteiger partial charge in [0.15, 0.2) is 0 Å². The maximum atomic E-state index is 12.5. The number of carboxylic acid groups (broad SMARTS) is 1. The van der Waals surface area contributed by atoms with Crippen molar-refractivity contribution >= 4 is 17.9 Å². The molecule has 0 aromatic heterocycles. The molecule has 8 nitrogen and oxygen atoms in total. The second-order valence-electron chi connectivity index (χ2n) is 4.89. The molecule has 2 aliphatic rings. The minimum absolute atomic E-state index is 0.0654. The number of rotatable bonds is 2. The molecule has 2 N–H and O–H groups in total. The van der Waals surface area contributed by atoms with E-state index >= 15 is 0 Å². The van der Waals surface area contributed by atoms with Gasteiger partial charge in [-0.15, -0.1) is 0 Å². The van der Waals surface area contributed by atoms with Gasteiger partial charge in [-0.1, -0.05) is 0 Å². The van der Waals surface area contributed by atoms with Crippen molar-refractivity contribution in [2.24, 2.45) is 0 Å². The highest BCUT2D eigenvalue weighted by Crippen LogP contribution is 2.14. The molecule has 0 aliphatic carbocycles. The first-order chi connectivity index (χ1) is 9.58. The van der Waals surface area contributed by atoms with Gasteiger partial charge < -0.3 is 25.0 Å². The van der Waals surface area contributed by atoms with E-state index in [-0.39, 0.29) is 31.4 Å². The van der Waals surface area contributed by atoms with Crippen molar-refractivity contribution in [3.05, 3.63) is 0 Å². The summed E-state index contributed by atoms with van der Waals surface area (Å²) in [4.78, 5) is 37.7. The topological polar surface area (TPSA) is 99.2 Å². The van der Waals surface area contributed by atoms with Gasteiger partial charge in [0.1, 0.15) is 0 Å². The molecule has 2 fully saturated rings. The predicted molar refractivity (Wildman–Crippen MR) is 68.2 cm³/mol. The number of amides is 3. The van der Waals surface area contributed by atoms with Crippen molar-refractivity contribution in [1.29, 1.82) is 0 Å². The fourth-order valence-corrected chi connectivity index (χ4v) is 2.42. The monoisotopic (exact) mass is 285 g/mol. The minimum atomic E-state index is -0.953. The number of hydrogen-bond donors (Lipinski definition) is 2. The molecule has 20 heavy (non-hydrogen) atoms. The number of carboxylic acids is 1. The maximum absolute atomic E-state index is 12.5. The summed E-state index contributed by atoms with van der Waals surface area (Å²) in [5, 5.41) is 11.6. The third kappa shape index (κ3) is 3.60. The SMILES string of the molecule is O=C(O)CC1COCCN1C(=O)N1CCNC(=O)CC1. The van der Waals surface area contributed by atoms with Gasteiger partial charge in [-0.25, -0.2) is 4.79 Å². The predicted octanol–water partition coefficient (Wildman–Crippen LogP) is -0.896. The van der Waals surface area contributed by atoms with Crippen LogP contribution in [-0.2, 0) is 14.3 Å². The molecule has 3 amide bonds. The Hall–Kier alpha value is -1.83. The fourth-order valence-electron chi connectivity index (χ4n) is 2.42. The molecule has 2 heterocycles. The van der Waals surface area contributed by atoms with Gasteiger partial charge in [0.25, 0.3) is 0 Å². The third-order valence-electron chi connectivity index (χ3n) is 3.47. The van der Waals surface area contributed by atoms with E-state index in [9.17, 15) is 14.4 Å². The van der Waals surface area contributed by atoms with E-state index in [4.69, 9.17) is 9.84 Å². The highest BCUT2D eigenvalue weighted by molar-refractivity contribution is 5.80. The lowest BCUT2D eigenvalue weighted by atomic mass is 10.1. The van der Waals surface area contributed by atoms with Crippen LogP contribution in [0.25, 0.3) is 0 Å². The van der Waals surface area contributed by atoms with Crippen molar-refractivity contribution < 1.29 is 24.2 Å². The zero-order valence-electron chi connectivity index (χ0n) is 11.2. The third-order valence-corrected chi connectivity index (χ3v) is 3.47. The fraction of sp³-hybridized carbons (Fsp3) is 0.750. The summed E-state index contributed by atoms with van der Waals surface area (Å²) in [5.41, 5.74) is 0. The standard InChI is InChI=1S/C12H19N3O5/c16-10-1-3-14(4-2-13-10)12(19)15-5-6-20-8-9(15)7-11(17)18/h9H,1-8H2,(H,13,16)(H,17,18). The summed E-state index contributed by atoms with van der Waals surface area (Å²) in [7, 11) is 0. The highest BCUT2D eigenvalue weighted by Gasteiger charge is 2.32. The van der Waals surface area contributed by atoms with Crippen molar-refractivity contribution in [1.82, 2.24) is 15.1 Å². The van der Waals surface area contributed by atoms with Crippen LogP contribution in [0.4, 0.5) is 4.79 Å². The summed E-state index contributed by atoms with van der Waals surface area (Å²) in [5.74, 6) is -1.02. The lowest BCUT2D eigenvalue weighted by molar-refractivity contribution is -0.139. The molecule has 0 spiro atoms. The van der Waals surface area contributed by atoms with E-state index < -0.39 is 12.0 Å². The lowest BCUT2D eigenvalue weighted by Crippen LogP contribution is -2.54. The summed E-state index contributed by atoms with van der Waals surface area (Å²) >= 11 is 0. The largest absolute Gasteiger partial charge is 0.481 e. The Balaban J connectivity index is 2.01. The molecule has 0 saturated carbocycles. The second kappa shape index (κ2) is 6.56. The number of morpholine rings is 1.